The number of likely N-dealkylation sites (N-methyl/N-ethyl adjacent to an activating group) is 7. The summed E-state index contributed by atoms with van der Waals surface area (Å²) in [5.74, 6) is -9.73. The Bertz CT molecular complexity index is 2610. The monoisotopic (exact) mass is 1370 g/mol. The topological polar surface area (TPSA) is 282 Å². The van der Waals surface area contributed by atoms with Crippen LogP contribution in [-0.2, 0) is 52.7 Å². The highest BCUT2D eigenvalue weighted by atomic mass is 32.2. The van der Waals surface area contributed by atoms with Crippen molar-refractivity contribution in [2.45, 2.75) is 261 Å². The Kier molecular flexibility index (Phi) is 37.0. The fraction of sp³-hybridized carbons (Fsp3) is 0.817. The summed E-state index contributed by atoms with van der Waals surface area (Å²) in [7, 11) is 10.2. The second-order valence-corrected chi connectivity index (χ2v) is 31.6. The number of thioether (sulfide) groups is 1. The van der Waals surface area contributed by atoms with Crippen molar-refractivity contribution in [2.75, 3.05) is 74.7 Å². The summed E-state index contributed by atoms with van der Waals surface area (Å²) in [6.07, 6.45) is 2.97. The predicted molar refractivity (Wildman–Crippen MR) is 382 cm³/mol. The van der Waals surface area contributed by atoms with Crippen molar-refractivity contribution in [3.05, 3.63) is 12.2 Å². The molecule has 0 spiro atoms. The molecule has 5 N–H and O–H groups in total. The number of aliphatic hydroxyl groups is 1. The molecule has 1 fully saturated rings. The Balaban J connectivity index is 4.62. The lowest BCUT2D eigenvalue weighted by Gasteiger charge is -2.41. The Morgan fingerprint density at radius 2 is 0.865 bits per heavy atom. The van der Waals surface area contributed by atoms with Crippen LogP contribution in [0.2, 0.25) is 0 Å². The summed E-state index contributed by atoms with van der Waals surface area (Å²) in [4.78, 5) is 176. The van der Waals surface area contributed by atoms with Gasteiger partial charge in [0.1, 0.15) is 66.5 Å². The molecule has 0 bridgehead atoms. The van der Waals surface area contributed by atoms with E-state index in [-0.39, 0.29) is 61.5 Å². The molecule has 24 nitrogen and oxygen atoms in total. The van der Waals surface area contributed by atoms with Gasteiger partial charge in [0.25, 0.3) is 0 Å². The summed E-state index contributed by atoms with van der Waals surface area (Å²) in [5.41, 5.74) is 0. The Morgan fingerprint density at radius 1 is 0.469 bits per heavy atom. The predicted octanol–water partition coefficient (Wildman–Crippen LogP) is 5.49. The van der Waals surface area contributed by atoms with Crippen molar-refractivity contribution < 1.29 is 57.8 Å². The number of rotatable bonds is 22. The highest BCUT2D eigenvalue weighted by molar-refractivity contribution is 8.00. The molecular formula is C71H130N12O12S. The number of hydrogen-bond acceptors (Lipinski definition) is 14. The van der Waals surface area contributed by atoms with E-state index in [0.29, 0.717) is 13.0 Å². The zero-order valence-corrected chi connectivity index (χ0v) is 64.9. The van der Waals surface area contributed by atoms with Gasteiger partial charge < -0.3 is 65.6 Å². The molecule has 11 amide bonds. The molecule has 13 atom stereocenters. The first-order chi connectivity index (χ1) is 44.3. The van der Waals surface area contributed by atoms with Gasteiger partial charge in [-0.05, 0) is 128 Å². The highest BCUT2D eigenvalue weighted by Gasteiger charge is 2.47. The van der Waals surface area contributed by atoms with Crippen LogP contribution in [0.5, 0.6) is 0 Å². The minimum Gasteiger partial charge on any atom is -0.390 e. The largest absolute Gasteiger partial charge is 0.390 e. The number of aliphatic hydroxyl groups excluding tert-OH is 1. The highest BCUT2D eigenvalue weighted by Crippen LogP contribution is 2.30. The molecule has 1 heterocycles. The van der Waals surface area contributed by atoms with Crippen LogP contribution in [0, 0.1) is 41.4 Å². The zero-order valence-electron chi connectivity index (χ0n) is 64.1. The summed E-state index contributed by atoms with van der Waals surface area (Å²) >= 11 is 1.47. The molecule has 0 saturated carbocycles. The van der Waals surface area contributed by atoms with Crippen molar-refractivity contribution in [1.82, 2.24) is 60.5 Å². The summed E-state index contributed by atoms with van der Waals surface area (Å²) in [6.45, 7) is 40.5. The van der Waals surface area contributed by atoms with E-state index in [2.05, 4.69) is 40.0 Å². The van der Waals surface area contributed by atoms with Crippen LogP contribution in [0.3, 0.4) is 0 Å². The number of hydrogen-bond donors (Lipinski definition) is 5. The maximum absolute atomic E-state index is 15.6. The van der Waals surface area contributed by atoms with Crippen molar-refractivity contribution in [2.24, 2.45) is 41.4 Å². The lowest BCUT2D eigenvalue weighted by molar-refractivity contribution is -0.157. The molecule has 0 aromatic carbocycles. The lowest BCUT2D eigenvalue weighted by Crippen LogP contribution is -2.64. The number of nitrogens with one attached hydrogen (secondary N) is 4. The molecule has 0 unspecified atom stereocenters. The molecular weight excluding hydrogens is 1240 g/mol. The average molecular weight is 1380 g/mol. The third-order valence-electron chi connectivity index (χ3n) is 18.5. The van der Waals surface area contributed by atoms with Crippen LogP contribution < -0.4 is 21.3 Å². The molecule has 96 heavy (non-hydrogen) atoms. The fourth-order valence-corrected chi connectivity index (χ4v) is 13.6. The SMILES string of the molecule is C/C=C/C[C@@H](C)[C@@H](O)[C@@H]1C(=O)N[C@H](CC)C(=O)N(C)[C@H](CSC(C)(C)CN(CC)CC)C(=O)N(C)[C@@H](CC(C)C)C(=O)N[C@H](C(C)C)C(=O)N(C)[C@H](CC(C)C)C(=O)N[C@H](C)C(=O)N[C@@H](C)C(=O)N(C)[C@H](CC(C)C)C(=O)N(C)[C@H](CC(C)C)C(=O)N(C)[C@H](C(C)C)C(=O)N1C. The third kappa shape index (κ3) is 25.2. The van der Waals surface area contributed by atoms with Crippen LogP contribution in [0.4, 0.5) is 0 Å². The third-order valence-corrected chi connectivity index (χ3v) is 19.9. The fourth-order valence-electron chi connectivity index (χ4n) is 12.3. The molecule has 1 rings (SSSR count). The minimum absolute atomic E-state index is 0.00235. The maximum atomic E-state index is 15.6. The molecule has 25 heteroatoms. The smallest absolute Gasteiger partial charge is 0.246 e. The Labute approximate surface area is 582 Å². The number of amides is 11. The first-order valence-electron chi connectivity index (χ1n) is 35.1. The molecule has 0 aromatic heterocycles. The first-order valence-corrected chi connectivity index (χ1v) is 36.0. The van der Waals surface area contributed by atoms with Crippen LogP contribution in [0.15, 0.2) is 12.2 Å². The average Bonchev–Trinajstić information content (AvgIpc) is 0.815. The van der Waals surface area contributed by atoms with Crippen molar-refractivity contribution >= 4 is 76.7 Å². The van der Waals surface area contributed by atoms with Gasteiger partial charge in [0, 0.05) is 66.4 Å². The van der Waals surface area contributed by atoms with Gasteiger partial charge in [0.05, 0.1) is 6.10 Å². The molecule has 552 valence electrons. The summed E-state index contributed by atoms with van der Waals surface area (Å²) < 4.78 is -0.467. The zero-order chi connectivity index (χ0) is 74.5. The molecule has 1 saturated heterocycles. The maximum Gasteiger partial charge on any atom is 0.246 e. The van der Waals surface area contributed by atoms with E-state index in [0.717, 1.165) is 18.0 Å². The number of allylic oxidation sites excluding steroid dienone is 2. The minimum atomic E-state index is -1.64. The van der Waals surface area contributed by atoms with Crippen molar-refractivity contribution in [3.8, 4) is 0 Å². The summed E-state index contributed by atoms with van der Waals surface area (Å²) in [6, 6.07) is -13.8. The quantitative estimate of drug-likeness (QED) is 0.0839. The lowest BCUT2D eigenvalue weighted by atomic mass is 9.91. The Morgan fingerprint density at radius 3 is 1.30 bits per heavy atom. The van der Waals surface area contributed by atoms with E-state index in [1.165, 1.54) is 104 Å². The second kappa shape index (κ2) is 40.3. The van der Waals surface area contributed by atoms with Crippen molar-refractivity contribution in [3.63, 3.8) is 0 Å². The van der Waals surface area contributed by atoms with Crippen LogP contribution in [0.1, 0.15) is 184 Å². The van der Waals surface area contributed by atoms with Crippen molar-refractivity contribution in [1.29, 1.82) is 0 Å². The molecule has 0 radical (unpaired) electrons. The van der Waals surface area contributed by atoms with Gasteiger partial charge in [0.15, 0.2) is 0 Å². The van der Waals surface area contributed by atoms with Gasteiger partial charge in [-0.2, -0.15) is 11.8 Å². The van der Waals surface area contributed by atoms with Gasteiger partial charge >= 0.3 is 0 Å². The number of carbonyl (C=O) groups excluding carboxylic acids is 11. The van der Waals surface area contributed by atoms with Gasteiger partial charge in [-0.1, -0.05) is 123 Å². The van der Waals surface area contributed by atoms with Crippen LogP contribution >= 0.6 is 11.8 Å². The normalized spacial score (nSPS) is 26.2. The van der Waals surface area contributed by atoms with E-state index < -0.39 is 160 Å². The molecule has 0 aliphatic carbocycles. The van der Waals surface area contributed by atoms with E-state index >= 15 is 33.6 Å². The molecule has 1 aliphatic rings. The van der Waals surface area contributed by atoms with E-state index in [1.54, 1.807) is 47.6 Å². The first kappa shape index (κ1) is 88.2. The van der Waals surface area contributed by atoms with Gasteiger partial charge in [0.2, 0.25) is 65.0 Å². The van der Waals surface area contributed by atoms with E-state index in [1.807, 2.05) is 82.2 Å². The van der Waals surface area contributed by atoms with E-state index in [9.17, 15) is 24.3 Å². The van der Waals surface area contributed by atoms with Crippen LogP contribution in [0.25, 0.3) is 0 Å². The molecule has 0 aromatic rings. The van der Waals surface area contributed by atoms with Crippen LogP contribution in [-0.4, -0.2) is 261 Å². The number of nitrogens with zero attached hydrogens (tertiary/aromatic N) is 8. The number of carbonyl (C=O) groups is 11. The van der Waals surface area contributed by atoms with Gasteiger partial charge in [-0.15, -0.1) is 0 Å². The van der Waals surface area contributed by atoms with E-state index in [4.69, 9.17) is 0 Å². The summed E-state index contributed by atoms with van der Waals surface area (Å²) in [5, 5.41) is 23.6. The van der Waals surface area contributed by atoms with Gasteiger partial charge in [-0.25, -0.2) is 0 Å². The Hall–Kier alpha value is -5.82. The standard InChI is InChI=1S/C71H130N12O12S/c1-29-33-34-47(17)59(84)58-63(88)74-50(30-2)65(90)80(26)55(39-96-71(20,21)40-83(31-3)32-4)68(93)76(22)52(36-42(7)8)62(87)75-56(45(13)14)69(94)77(23)51(35-41(5)6)61(86)72-48(18)60(85)73-49(19)64(89)78(24)53(37-43(9)10)66(91)79(25)54(38-44(11)12)67(92)81(27)57(46(15)16)70(95)82(58)28/h29,33,41-59,84H,30-32,34-40H2,1-28H3,(H,72,86)(H,73,85)(H,74,88)(H,75,87)/b33-29+/t47-,48-,49+,50-,51-,52+,53-,54-,55-,56-,57-,58-,59-/m1/s1. The van der Waals surface area contributed by atoms with Gasteiger partial charge in [-0.3, -0.25) is 52.7 Å². The second-order valence-electron chi connectivity index (χ2n) is 29.8. The molecule has 1 aliphatic heterocycles.